The van der Waals surface area contributed by atoms with Gasteiger partial charge in [-0.1, -0.05) is 26.7 Å². The highest BCUT2D eigenvalue weighted by molar-refractivity contribution is 5.84. The molecule has 0 aromatic carbocycles. The summed E-state index contributed by atoms with van der Waals surface area (Å²) < 4.78 is 0. The third kappa shape index (κ3) is 1.89. The SMILES string of the molecule is CC1CCCC(N2CCC(N)C2=O)C1C. The van der Waals surface area contributed by atoms with Crippen LogP contribution in [0.2, 0.25) is 0 Å². The Morgan fingerprint density at radius 2 is 2.00 bits per heavy atom. The molecular weight excluding hydrogens is 188 g/mol. The summed E-state index contributed by atoms with van der Waals surface area (Å²) in [6, 6.07) is 0.226. The molecule has 1 aliphatic heterocycles. The first-order valence-corrected chi connectivity index (χ1v) is 6.17. The van der Waals surface area contributed by atoms with Crippen LogP contribution in [-0.2, 0) is 4.79 Å². The van der Waals surface area contributed by atoms with Crippen molar-refractivity contribution in [3.63, 3.8) is 0 Å². The quantitative estimate of drug-likeness (QED) is 0.710. The van der Waals surface area contributed by atoms with Crippen LogP contribution in [-0.4, -0.2) is 29.4 Å². The smallest absolute Gasteiger partial charge is 0.239 e. The zero-order valence-corrected chi connectivity index (χ0v) is 9.78. The standard InChI is InChI=1S/C12H22N2O/c1-8-4-3-5-11(9(8)2)14-7-6-10(13)12(14)15/h8-11H,3-7,13H2,1-2H3. The summed E-state index contributed by atoms with van der Waals surface area (Å²) in [4.78, 5) is 13.9. The van der Waals surface area contributed by atoms with E-state index in [2.05, 4.69) is 13.8 Å². The van der Waals surface area contributed by atoms with Crippen molar-refractivity contribution in [1.82, 2.24) is 4.90 Å². The van der Waals surface area contributed by atoms with Crippen LogP contribution in [0.15, 0.2) is 0 Å². The monoisotopic (exact) mass is 210 g/mol. The van der Waals surface area contributed by atoms with Crippen molar-refractivity contribution < 1.29 is 4.79 Å². The van der Waals surface area contributed by atoms with Crippen LogP contribution in [0.3, 0.4) is 0 Å². The summed E-state index contributed by atoms with van der Waals surface area (Å²) in [5, 5.41) is 0. The average molecular weight is 210 g/mol. The molecule has 0 spiro atoms. The first-order chi connectivity index (χ1) is 7.11. The summed E-state index contributed by atoms with van der Waals surface area (Å²) in [5.74, 6) is 1.56. The molecule has 2 N–H and O–H groups in total. The molecule has 0 bridgehead atoms. The topological polar surface area (TPSA) is 46.3 Å². The molecule has 0 aromatic heterocycles. The van der Waals surface area contributed by atoms with Gasteiger partial charge in [-0.3, -0.25) is 4.79 Å². The molecule has 2 fully saturated rings. The van der Waals surface area contributed by atoms with E-state index in [1.54, 1.807) is 0 Å². The van der Waals surface area contributed by atoms with Crippen LogP contribution in [0, 0.1) is 11.8 Å². The molecule has 4 unspecified atom stereocenters. The van der Waals surface area contributed by atoms with Gasteiger partial charge in [0.1, 0.15) is 0 Å². The average Bonchev–Trinajstić information content (AvgIpc) is 2.53. The number of rotatable bonds is 1. The molecule has 1 saturated carbocycles. The Hall–Kier alpha value is -0.570. The van der Waals surface area contributed by atoms with E-state index in [0.717, 1.165) is 18.9 Å². The first kappa shape index (κ1) is 10.9. The number of nitrogens with zero attached hydrogens (tertiary/aromatic N) is 1. The zero-order valence-electron chi connectivity index (χ0n) is 9.78. The van der Waals surface area contributed by atoms with Gasteiger partial charge in [0.05, 0.1) is 6.04 Å². The van der Waals surface area contributed by atoms with E-state index in [1.165, 1.54) is 19.3 Å². The highest BCUT2D eigenvalue weighted by Crippen LogP contribution is 2.34. The summed E-state index contributed by atoms with van der Waals surface area (Å²) >= 11 is 0. The predicted molar refractivity (Wildman–Crippen MR) is 60.3 cm³/mol. The van der Waals surface area contributed by atoms with Gasteiger partial charge in [0.15, 0.2) is 0 Å². The minimum atomic E-state index is -0.227. The summed E-state index contributed by atoms with van der Waals surface area (Å²) in [5.41, 5.74) is 5.76. The molecule has 3 nitrogen and oxygen atoms in total. The number of hydrogen-bond acceptors (Lipinski definition) is 2. The summed E-state index contributed by atoms with van der Waals surface area (Å²) in [6.07, 6.45) is 4.58. The lowest BCUT2D eigenvalue weighted by Crippen LogP contribution is -2.47. The van der Waals surface area contributed by atoms with Crippen LogP contribution >= 0.6 is 0 Å². The van der Waals surface area contributed by atoms with Gasteiger partial charge >= 0.3 is 0 Å². The molecule has 2 rings (SSSR count). The van der Waals surface area contributed by atoms with Crippen molar-refractivity contribution >= 4 is 5.91 Å². The van der Waals surface area contributed by atoms with Crippen molar-refractivity contribution in [2.45, 2.75) is 51.6 Å². The summed E-state index contributed by atoms with van der Waals surface area (Å²) in [6.45, 7) is 5.46. The number of carbonyl (C=O) groups excluding carboxylic acids is 1. The highest BCUT2D eigenvalue weighted by Gasteiger charge is 2.38. The molecule has 1 saturated heterocycles. The van der Waals surface area contributed by atoms with E-state index in [1.807, 2.05) is 4.90 Å². The third-order valence-corrected chi connectivity index (χ3v) is 4.35. The van der Waals surface area contributed by atoms with Crippen molar-refractivity contribution in [2.24, 2.45) is 17.6 Å². The van der Waals surface area contributed by atoms with Gasteiger partial charge in [0.2, 0.25) is 5.91 Å². The van der Waals surface area contributed by atoms with Gasteiger partial charge in [-0.2, -0.15) is 0 Å². The van der Waals surface area contributed by atoms with Crippen molar-refractivity contribution in [1.29, 1.82) is 0 Å². The number of nitrogens with two attached hydrogens (primary N) is 1. The Labute approximate surface area is 92.0 Å². The normalized spacial score (nSPS) is 42.3. The van der Waals surface area contributed by atoms with Crippen LogP contribution < -0.4 is 5.73 Å². The van der Waals surface area contributed by atoms with Gasteiger partial charge in [-0.15, -0.1) is 0 Å². The van der Waals surface area contributed by atoms with E-state index < -0.39 is 0 Å². The van der Waals surface area contributed by atoms with Gasteiger partial charge in [-0.05, 0) is 24.7 Å². The van der Waals surface area contributed by atoms with E-state index in [4.69, 9.17) is 5.73 Å². The molecule has 15 heavy (non-hydrogen) atoms. The second-order valence-electron chi connectivity index (χ2n) is 5.26. The van der Waals surface area contributed by atoms with Crippen molar-refractivity contribution in [3.05, 3.63) is 0 Å². The van der Waals surface area contributed by atoms with Crippen molar-refractivity contribution in [3.8, 4) is 0 Å². The van der Waals surface area contributed by atoms with Crippen LogP contribution in [0.5, 0.6) is 0 Å². The lowest BCUT2D eigenvalue weighted by Gasteiger charge is -2.39. The maximum atomic E-state index is 11.9. The summed E-state index contributed by atoms with van der Waals surface area (Å²) in [7, 11) is 0. The Balaban J connectivity index is 2.06. The molecule has 1 amide bonds. The van der Waals surface area contributed by atoms with Crippen LogP contribution in [0.1, 0.15) is 39.5 Å². The fourth-order valence-electron chi connectivity index (χ4n) is 3.05. The fraction of sp³-hybridized carbons (Fsp3) is 0.917. The predicted octanol–water partition coefficient (Wildman–Crippen LogP) is 1.37. The molecule has 0 aromatic rings. The van der Waals surface area contributed by atoms with E-state index in [-0.39, 0.29) is 11.9 Å². The lowest BCUT2D eigenvalue weighted by atomic mass is 9.77. The van der Waals surface area contributed by atoms with E-state index in [0.29, 0.717) is 12.0 Å². The Morgan fingerprint density at radius 1 is 1.27 bits per heavy atom. The highest BCUT2D eigenvalue weighted by atomic mass is 16.2. The Kier molecular flexibility index (Phi) is 3.01. The first-order valence-electron chi connectivity index (χ1n) is 6.17. The maximum absolute atomic E-state index is 11.9. The van der Waals surface area contributed by atoms with Gasteiger partial charge < -0.3 is 10.6 Å². The Morgan fingerprint density at radius 3 is 2.60 bits per heavy atom. The number of likely N-dealkylation sites (tertiary alicyclic amines) is 1. The minimum absolute atomic E-state index is 0.181. The van der Waals surface area contributed by atoms with E-state index in [9.17, 15) is 4.79 Å². The van der Waals surface area contributed by atoms with Gasteiger partial charge in [-0.25, -0.2) is 0 Å². The lowest BCUT2D eigenvalue weighted by molar-refractivity contribution is -0.132. The Bertz CT molecular complexity index is 254. The maximum Gasteiger partial charge on any atom is 0.239 e. The second-order valence-corrected chi connectivity index (χ2v) is 5.26. The van der Waals surface area contributed by atoms with Gasteiger partial charge in [0, 0.05) is 12.6 Å². The zero-order chi connectivity index (χ0) is 11.0. The molecule has 3 heteroatoms. The fourth-order valence-corrected chi connectivity index (χ4v) is 3.05. The third-order valence-electron chi connectivity index (χ3n) is 4.35. The van der Waals surface area contributed by atoms with Gasteiger partial charge in [0.25, 0.3) is 0 Å². The van der Waals surface area contributed by atoms with Crippen LogP contribution in [0.4, 0.5) is 0 Å². The molecule has 2 aliphatic rings. The molecule has 4 atom stereocenters. The van der Waals surface area contributed by atoms with Crippen molar-refractivity contribution in [2.75, 3.05) is 6.54 Å². The minimum Gasteiger partial charge on any atom is -0.338 e. The number of hydrogen-bond donors (Lipinski definition) is 1. The number of amides is 1. The molecule has 1 heterocycles. The molecular formula is C12H22N2O. The number of carbonyl (C=O) groups is 1. The van der Waals surface area contributed by atoms with Crippen LogP contribution in [0.25, 0.3) is 0 Å². The van der Waals surface area contributed by atoms with E-state index >= 15 is 0 Å². The second kappa shape index (κ2) is 4.12. The largest absolute Gasteiger partial charge is 0.338 e. The molecule has 1 aliphatic carbocycles. The molecule has 86 valence electrons. The molecule has 0 radical (unpaired) electrons.